The molecular formula is C24H22Cl2N4O2S. The van der Waals surface area contributed by atoms with E-state index in [1.54, 1.807) is 31.2 Å². The molecule has 0 saturated carbocycles. The fourth-order valence-electron chi connectivity index (χ4n) is 3.74. The second-order valence-corrected chi connectivity index (χ2v) is 8.83. The van der Waals surface area contributed by atoms with Gasteiger partial charge >= 0.3 is 0 Å². The number of hydrogen-bond donors (Lipinski definition) is 2. The van der Waals surface area contributed by atoms with Crippen LogP contribution in [0.5, 0.6) is 0 Å². The summed E-state index contributed by atoms with van der Waals surface area (Å²) >= 11 is 18.0. The van der Waals surface area contributed by atoms with Crippen molar-refractivity contribution in [1.29, 1.82) is 0 Å². The SMILES string of the molecule is COC1CC=C(Cl)C=C1NC(=S)NC1N=C(c2ccccc2)c2cc(Cl)ccc2N(C)C1=O. The topological polar surface area (TPSA) is 66.0 Å². The van der Waals surface area contributed by atoms with E-state index < -0.39 is 6.17 Å². The first-order valence-electron chi connectivity index (χ1n) is 10.3. The second-order valence-electron chi connectivity index (χ2n) is 7.55. The molecule has 1 amide bonds. The minimum absolute atomic E-state index is 0.213. The third kappa shape index (κ3) is 5.12. The van der Waals surface area contributed by atoms with Crippen LogP contribution in [0.4, 0.5) is 5.69 Å². The van der Waals surface area contributed by atoms with Crippen molar-refractivity contribution in [3.63, 3.8) is 0 Å². The smallest absolute Gasteiger partial charge is 0.272 e. The Hall–Kier alpha value is -2.71. The number of carbonyl (C=O) groups excluding carboxylic acids is 1. The average Bonchev–Trinajstić information content (AvgIpc) is 2.90. The number of likely N-dealkylation sites (N-methyl/N-ethyl adjacent to an activating group) is 1. The van der Waals surface area contributed by atoms with E-state index in [0.29, 0.717) is 33.6 Å². The Balaban J connectivity index is 1.68. The zero-order chi connectivity index (χ0) is 23.5. The van der Waals surface area contributed by atoms with Crippen LogP contribution in [-0.2, 0) is 9.53 Å². The molecule has 9 heteroatoms. The van der Waals surface area contributed by atoms with Gasteiger partial charge in [0.1, 0.15) is 6.10 Å². The van der Waals surface area contributed by atoms with E-state index >= 15 is 0 Å². The molecule has 2 aromatic rings. The fourth-order valence-corrected chi connectivity index (χ4v) is 4.35. The maximum Gasteiger partial charge on any atom is 0.272 e. The Morgan fingerprint density at radius 3 is 2.70 bits per heavy atom. The van der Waals surface area contributed by atoms with Gasteiger partial charge in [0.15, 0.2) is 5.11 Å². The summed E-state index contributed by atoms with van der Waals surface area (Å²) in [5.41, 5.74) is 3.68. The van der Waals surface area contributed by atoms with E-state index in [9.17, 15) is 4.79 Å². The highest BCUT2D eigenvalue weighted by Crippen LogP contribution is 2.30. The summed E-state index contributed by atoms with van der Waals surface area (Å²) in [4.78, 5) is 19.7. The molecule has 2 unspecified atom stereocenters. The molecular weight excluding hydrogens is 479 g/mol. The molecule has 2 N–H and O–H groups in total. The van der Waals surface area contributed by atoms with Crippen LogP contribution in [0, 0.1) is 0 Å². The highest BCUT2D eigenvalue weighted by molar-refractivity contribution is 7.80. The van der Waals surface area contributed by atoms with E-state index in [0.717, 1.165) is 11.1 Å². The van der Waals surface area contributed by atoms with Crippen LogP contribution in [0.1, 0.15) is 17.5 Å². The van der Waals surface area contributed by atoms with Gasteiger partial charge in [0.25, 0.3) is 5.91 Å². The van der Waals surface area contributed by atoms with Crippen LogP contribution < -0.4 is 15.5 Å². The first kappa shape index (κ1) is 23.4. The summed E-state index contributed by atoms with van der Waals surface area (Å²) in [6.07, 6.45) is 3.08. The molecule has 6 nitrogen and oxygen atoms in total. The van der Waals surface area contributed by atoms with Crippen LogP contribution in [0.3, 0.4) is 0 Å². The number of benzodiazepines with no additional fused rings is 1. The Morgan fingerprint density at radius 1 is 1.21 bits per heavy atom. The second kappa shape index (κ2) is 10.1. The number of thiocarbonyl (C=S) groups is 1. The van der Waals surface area contributed by atoms with Crippen LogP contribution in [-0.4, -0.2) is 43.2 Å². The van der Waals surface area contributed by atoms with E-state index in [-0.39, 0.29) is 17.1 Å². The van der Waals surface area contributed by atoms with Crippen LogP contribution in [0.2, 0.25) is 5.02 Å². The lowest BCUT2D eigenvalue weighted by molar-refractivity contribution is -0.119. The molecule has 4 rings (SSSR count). The molecule has 0 fully saturated rings. The van der Waals surface area contributed by atoms with Crippen molar-refractivity contribution in [1.82, 2.24) is 10.6 Å². The van der Waals surface area contributed by atoms with Crippen LogP contribution >= 0.6 is 35.4 Å². The number of fused-ring (bicyclic) bond motifs is 1. The summed E-state index contributed by atoms with van der Waals surface area (Å²) in [6, 6.07) is 15.0. The van der Waals surface area contributed by atoms with E-state index in [1.807, 2.05) is 48.5 Å². The lowest BCUT2D eigenvalue weighted by Gasteiger charge is -2.25. The zero-order valence-electron chi connectivity index (χ0n) is 18.0. The third-order valence-corrected chi connectivity index (χ3v) is 6.14. The lowest BCUT2D eigenvalue weighted by Crippen LogP contribution is -2.50. The monoisotopic (exact) mass is 500 g/mol. The molecule has 0 bridgehead atoms. The van der Waals surface area contributed by atoms with Gasteiger partial charge in [-0.1, -0.05) is 59.6 Å². The van der Waals surface area contributed by atoms with Gasteiger partial charge in [-0.2, -0.15) is 0 Å². The highest BCUT2D eigenvalue weighted by atomic mass is 35.5. The molecule has 1 heterocycles. The van der Waals surface area contributed by atoms with Crippen molar-refractivity contribution in [2.45, 2.75) is 18.7 Å². The van der Waals surface area contributed by atoms with Crippen molar-refractivity contribution in [2.24, 2.45) is 4.99 Å². The predicted octanol–water partition coefficient (Wildman–Crippen LogP) is 4.37. The summed E-state index contributed by atoms with van der Waals surface area (Å²) < 4.78 is 5.49. The van der Waals surface area contributed by atoms with Crippen molar-refractivity contribution < 1.29 is 9.53 Å². The number of aliphatic imine (C=N–C) groups is 1. The summed E-state index contributed by atoms with van der Waals surface area (Å²) in [7, 11) is 3.32. The standard InChI is InChI=1S/C24H22Cl2N4O2S/c1-30-19-10-8-15(25)12-17(19)21(14-6-4-3-5-7-14)28-22(23(30)31)29-24(33)27-18-13-16(26)9-11-20(18)32-2/h3-10,12-13,20,22H,11H2,1-2H3,(H2,27,29,33). The minimum Gasteiger partial charge on any atom is -0.375 e. The maximum atomic E-state index is 13.3. The van der Waals surface area contributed by atoms with Gasteiger partial charge in [0, 0.05) is 41.0 Å². The molecule has 170 valence electrons. The number of halogens is 2. The number of carbonyl (C=O) groups is 1. The number of allylic oxidation sites excluding steroid dienone is 2. The molecule has 0 aromatic heterocycles. The normalized spacial score (nSPS) is 20.2. The van der Waals surface area contributed by atoms with Crippen molar-refractivity contribution in [3.8, 4) is 0 Å². The summed E-state index contributed by atoms with van der Waals surface area (Å²) in [6.45, 7) is 0. The van der Waals surface area contributed by atoms with E-state index in [4.69, 9.17) is 45.1 Å². The van der Waals surface area contributed by atoms with E-state index in [1.165, 1.54) is 0 Å². The fraction of sp³-hybridized carbons (Fsp3) is 0.208. The number of rotatable bonds is 4. The van der Waals surface area contributed by atoms with Crippen molar-refractivity contribution >= 4 is 57.8 Å². The zero-order valence-corrected chi connectivity index (χ0v) is 20.3. The minimum atomic E-state index is -0.951. The Morgan fingerprint density at radius 2 is 1.97 bits per heavy atom. The predicted molar refractivity (Wildman–Crippen MR) is 137 cm³/mol. The molecule has 2 aromatic carbocycles. The number of benzene rings is 2. The summed E-state index contributed by atoms with van der Waals surface area (Å²) in [5, 5.41) is 7.54. The average molecular weight is 501 g/mol. The number of amides is 1. The molecule has 0 spiro atoms. The molecule has 33 heavy (non-hydrogen) atoms. The lowest BCUT2D eigenvalue weighted by atomic mass is 10.0. The van der Waals surface area contributed by atoms with Gasteiger partial charge in [-0.15, -0.1) is 0 Å². The quantitative estimate of drug-likeness (QED) is 0.610. The van der Waals surface area contributed by atoms with Crippen LogP contribution in [0.15, 0.2) is 76.4 Å². The number of ether oxygens (including phenoxy) is 1. The Labute approximate surface area is 207 Å². The molecule has 2 aliphatic rings. The maximum absolute atomic E-state index is 13.3. The number of hydrogen-bond acceptors (Lipinski definition) is 4. The van der Waals surface area contributed by atoms with Gasteiger partial charge in [0.2, 0.25) is 6.17 Å². The van der Waals surface area contributed by atoms with Gasteiger partial charge in [0.05, 0.1) is 11.4 Å². The van der Waals surface area contributed by atoms with Gasteiger partial charge in [-0.05, 0) is 42.9 Å². The highest BCUT2D eigenvalue weighted by Gasteiger charge is 2.31. The molecule has 0 radical (unpaired) electrons. The van der Waals surface area contributed by atoms with Gasteiger partial charge in [-0.25, -0.2) is 4.99 Å². The largest absolute Gasteiger partial charge is 0.375 e. The van der Waals surface area contributed by atoms with Crippen molar-refractivity contribution in [2.75, 3.05) is 19.1 Å². The molecule has 0 saturated heterocycles. The Bertz CT molecular complexity index is 1180. The number of anilines is 1. The Kier molecular flexibility index (Phi) is 7.14. The van der Waals surface area contributed by atoms with Crippen LogP contribution in [0.25, 0.3) is 0 Å². The van der Waals surface area contributed by atoms with Crippen molar-refractivity contribution in [3.05, 3.63) is 87.6 Å². The molecule has 1 aliphatic heterocycles. The molecule has 2 atom stereocenters. The first-order chi connectivity index (χ1) is 15.9. The van der Waals surface area contributed by atoms with Gasteiger partial charge < -0.3 is 20.3 Å². The van der Waals surface area contributed by atoms with Gasteiger partial charge in [-0.3, -0.25) is 4.79 Å². The third-order valence-electron chi connectivity index (χ3n) is 5.42. The molecule has 1 aliphatic carbocycles. The van der Waals surface area contributed by atoms with E-state index in [2.05, 4.69) is 10.6 Å². The summed E-state index contributed by atoms with van der Waals surface area (Å²) in [5.74, 6) is -0.257. The first-order valence-corrected chi connectivity index (χ1v) is 11.4. The number of nitrogens with one attached hydrogen (secondary N) is 2. The number of methoxy groups -OCH3 is 1. The number of nitrogens with zero attached hydrogens (tertiary/aromatic N) is 2.